The monoisotopic (exact) mass is 301 g/mol. The van der Waals surface area contributed by atoms with Gasteiger partial charge < -0.3 is 25.3 Å². The van der Waals surface area contributed by atoms with Gasteiger partial charge in [-0.1, -0.05) is 13.8 Å². The Morgan fingerprint density at radius 2 is 2.00 bits per heavy atom. The Morgan fingerprint density at radius 1 is 1.38 bits per heavy atom. The first-order valence-electron chi connectivity index (χ1n) is 7.32. The summed E-state index contributed by atoms with van der Waals surface area (Å²) in [5.74, 6) is -1.56. The fraction of sp³-hybridized carbons (Fsp3) is 0.857. The predicted octanol–water partition coefficient (Wildman–Crippen LogP) is 0.0496. The zero-order chi connectivity index (χ0) is 16.2. The Morgan fingerprint density at radius 3 is 2.48 bits per heavy atom. The van der Waals surface area contributed by atoms with Crippen molar-refractivity contribution in [2.75, 3.05) is 33.7 Å². The molecule has 0 radical (unpaired) electrons. The molecule has 0 aliphatic carbocycles. The Balaban J connectivity index is 2.58. The molecule has 0 bridgehead atoms. The quantitative estimate of drug-likeness (QED) is 0.644. The van der Waals surface area contributed by atoms with Gasteiger partial charge in [-0.15, -0.1) is 0 Å². The number of aliphatic hydroxyl groups is 1. The van der Waals surface area contributed by atoms with E-state index in [4.69, 9.17) is 5.11 Å². The molecule has 7 heteroatoms. The van der Waals surface area contributed by atoms with Gasteiger partial charge in [-0.2, -0.15) is 0 Å². The van der Waals surface area contributed by atoms with Crippen molar-refractivity contribution >= 4 is 12.0 Å². The fourth-order valence-electron chi connectivity index (χ4n) is 2.64. The third-order valence-electron chi connectivity index (χ3n) is 3.82. The van der Waals surface area contributed by atoms with E-state index in [1.165, 1.54) is 0 Å². The van der Waals surface area contributed by atoms with E-state index >= 15 is 0 Å². The average Bonchev–Trinajstić information content (AvgIpc) is 2.68. The molecule has 1 saturated heterocycles. The summed E-state index contributed by atoms with van der Waals surface area (Å²) in [6, 6.07) is -0.345. The number of urea groups is 1. The summed E-state index contributed by atoms with van der Waals surface area (Å²) in [5.41, 5.74) is 0. The molecule has 21 heavy (non-hydrogen) atoms. The van der Waals surface area contributed by atoms with Gasteiger partial charge in [0.2, 0.25) is 0 Å². The standard InChI is InChI=1S/C14H27N3O4/c1-9(2)12(13(19)20)6-15-14(21)17-8-11(18)5-10(17)7-16(3)4/h9-12,18H,5-8H2,1-4H3,(H,15,21)(H,19,20). The molecule has 1 aliphatic heterocycles. The van der Waals surface area contributed by atoms with Crippen LogP contribution in [0.2, 0.25) is 0 Å². The van der Waals surface area contributed by atoms with Crippen molar-refractivity contribution in [3.63, 3.8) is 0 Å². The second-order valence-corrected chi connectivity index (χ2v) is 6.33. The number of amides is 2. The molecule has 3 N–H and O–H groups in total. The van der Waals surface area contributed by atoms with Crippen LogP contribution in [-0.4, -0.2) is 77.9 Å². The number of nitrogens with one attached hydrogen (secondary N) is 1. The van der Waals surface area contributed by atoms with Gasteiger partial charge in [0.1, 0.15) is 0 Å². The van der Waals surface area contributed by atoms with Crippen LogP contribution in [0.25, 0.3) is 0 Å². The number of carbonyl (C=O) groups is 2. The maximum atomic E-state index is 12.2. The maximum Gasteiger partial charge on any atom is 0.317 e. The molecule has 1 fully saturated rings. The zero-order valence-corrected chi connectivity index (χ0v) is 13.2. The van der Waals surface area contributed by atoms with Gasteiger partial charge in [0, 0.05) is 25.7 Å². The van der Waals surface area contributed by atoms with E-state index < -0.39 is 18.0 Å². The van der Waals surface area contributed by atoms with E-state index in [0.717, 1.165) is 0 Å². The molecule has 1 aliphatic rings. The normalized spacial score (nSPS) is 23.7. The lowest BCUT2D eigenvalue weighted by Gasteiger charge is -2.27. The highest BCUT2D eigenvalue weighted by molar-refractivity contribution is 5.76. The van der Waals surface area contributed by atoms with E-state index in [-0.39, 0.29) is 24.5 Å². The molecule has 2 amide bonds. The van der Waals surface area contributed by atoms with Crippen LogP contribution < -0.4 is 5.32 Å². The molecule has 0 aromatic rings. The van der Waals surface area contributed by atoms with Crippen LogP contribution in [0.15, 0.2) is 0 Å². The molecular weight excluding hydrogens is 274 g/mol. The lowest BCUT2D eigenvalue weighted by molar-refractivity contribution is -0.142. The van der Waals surface area contributed by atoms with Crippen LogP contribution in [0.4, 0.5) is 4.79 Å². The predicted molar refractivity (Wildman–Crippen MR) is 79.0 cm³/mol. The number of rotatable bonds is 6. The van der Waals surface area contributed by atoms with Crippen molar-refractivity contribution < 1.29 is 19.8 Å². The van der Waals surface area contributed by atoms with Gasteiger partial charge in [-0.3, -0.25) is 4.79 Å². The first-order chi connectivity index (χ1) is 9.72. The molecule has 3 unspecified atom stereocenters. The first-order valence-corrected chi connectivity index (χ1v) is 7.32. The van der Waals surface area contributed by atoms with Crippen molar-refractivity contribution in [1.82, 2.24) is 15.1 Å². The van der Waals surface area contributed by atoms with E-state index in [1.807, 2.05) is 32.8 Å². The number of hydrogen-bond acceptors (Lipinski definition) is 4. The summed E-state index contributed by atoms with van der Waals surface area (Å²) in [7, 11) is 3.83. The molecular formula is C14H27N3O4. The number of carboxylic acid groups (broad SMARTS) is 1. The van der Waals surface area contributed by atoms with Gasteiger partial charge in [0.15, 0.2) is 0 Å². The first kappa shape index (κ1) is 17.7. The zero-order valence-electron chi connectivity index (χ0n) is 13.2. The Kier molecular flexibility index (Phi) is 6.42. The Bertz CT molecular complexity index is 373. The summed E-state index contributed by atoms with van der Waals surface area (Å²) >= 11 is 0. The third kappa shape index (κ3) is 5.17. The summed E-state index contributed by atoms with van der Waals surface area (Å²) < 4.78 is 0. The number of carboxylic acids is 1. The second-order valence-electron chi connectivity index (χ2n) is 6.33. The molecule has 0 aromatic carbocycles. The number of carbonyl (C=O) groups excluding carboxylic acids is 1. The SMILES string of the molecule is CC(C)C(CNC(=O)N1CC(O)CC1CN(C)C)C(=O)O. The van der Waals surface area contributed by atoms with Gasteiger partial charge in [0.05, 0.1) is 12.0 Å². The van der Waals surface area contributed by atoms with Crippen molar-refractivity contribution in [2.45, 2.75) is 32.4 Å². The average molecular weight is 301 g/mol. The van der Waals surface area contributed by atoms with Crippen molar-refractivity contribution in [1.29, 1.82) is 0 Å². The summed E-state index contributed by atoms with van der Waals surface area (Å²) in [4.78, 5) is 26.9. The minimum absolute atomic E-state index is 0.0441. The van der Waals surface area contributed by atoms with Gasteiger partial charge in [-0.05, 0) is 26.4 Å². The number of hydrogen-bond donors (Lipinski definition) is 3. The second kappa shape index (κ2) is 7.61. The lowest BCUT2D eigenvalue weighted by atomic mass is 9.96. The van der Waals surface area contributed by atoms with Crippen LogP contribution in [0.1, 0.15) is 20.3 Å². The topological polar surface area (TPSA) is 93.1 Å². The Labute approximate surface area is 125 Å². The van der Waals surface area contributed by atoms with Crippen LogP contribution in [0.3, 0.4) is 0 Å². The minimum atomic E-state index is -0.906. The van der Waals surface area contributed by atoms with Gasteiger partial charge in [-0.25, -0.2) is 4.79 Å². The molecule has 0 aromatic heterocycles. The van der Waals surface area contributed by atoms with Crippen molar-refractivity contribution in [2.24, 2.45) is 11.8 Å². The van der Waals surface area contributed by atoms with E-state index in [9.17, 15) is 14.7 Å². The van der Waals surface area contributed by atoms with Gasteiger partial charge >= 0.3 is 12.0 Å². The lowest BCUT2D eigenvalue weighted by Crippen LogP contribution is -2.48. The van der Waals surface area contributed by atoms with Crippen molar-refractivity contribution in [3.8, 4) is 0 Å². The summed E-state index contributed by atoms with van der Waals surface area (Å²) in [6.07, 6.45) is 0.0408. The highest BCUT2D eigenvalue weighted by atomic mass is 16.4. The fourth-order valence-corrected chi connectivity index (χ4v) is 2.64. The highest BCUT2D eigenvalue weighted by Crippen LogP contribution is 2.19. The minimum Gasteiger partial charge on any atom is -0.481 e. The molecule has 3 atom stereocenters. The smallest absolute Gasteiger partial charge is 0.317 e. The van der Waals surface area contributed by atoms with E-state index in [2.05, 4.69) is 5.32 Å². The van der Waals surface area contributed by atoms with Crippen LogP contribution in [-0.2, 0) is 4.79 Å². The molecule has 0 spiro atoms. The largest absolute Gasteiger partial charge is 0.481 e. The van der Waals surface area contributed by atoms with Crippen LogP contribution >= 0.6 is 0 Å². The van der Waals surface area contributed by atoms with Crippen LogP contribution in [0.5, 0.6) is 0 Å². The Hall–Kier alpha value is -1.34. The molecule has 7 nitrogen and oxygen atoms in total. The molecule has 1 rings (SSSR count). The molecule has 1 heterocycles. The van der Waals surface area contributed by atoms with Gasteiger partial charge in [0.25, 0.3) is 0 Å². The summed E-state index contributed by atoms with van der Waals surface area (Å²) in [6.45, 7) is 4.71. The van der Waals surface area contributed by atoms with E-state index in [0.29, 0.717) is 19.5 Å². The van der Waals surface area contributed by atoms with E-state index in [1.54, 1.807) is 4.90 Å². The third-order valence-corrected chi connectivity index (χ3v) is 3.82. The van der Waals surface area contributed by atoms with Crippen LogP contribution in [0, 0.1) is 11.8 Å². The summed E-state index contributed by atoms with van der Waals surface area (Å²) in [5, 5.41) is 21.6. The highest BCUT2D eigenvalue weighted by Gasteiger charge is 2.35. The van der Waals surface area contributed by atoms with Crippen molar-refractivity contribution in [3.05, 3.63) is 0 Å². The number of β-amino-alcohol motifs (C(OH)–C–C–N with tert-alkyl or cyclic N) is 1. The number of nitrogens with zero attached hydrogens (tertiary/aromatic N) is 2. The number of likely N-dealkylation sites (tertiary alicyclic amines) is 1. The molecule has 122 valence electrons. The number of likely N-dealkylation sites (N-methyl/N-ethyl adjacent to an activating group) is 1. The maximum absolute atomic E-state index is 12.2. The molecule has 0 saturated carbocycles. The number of aliphatic hydroxyl groups excluding tert-OH is 1. The number of aliphatic carboxylic acids is 1.